The lowest BCUT2D eigenvalue weighted by molar-refractivity contribution is 0.0747. The first-order chi connectivity index (χ1) is 16.0. The van der Waals surface area contributed by atoms with E-state index in [2.05, 4.69) is 24.0 Å². The standard InChI is InChI=1S/C28H26N2O3/c1-19-9-6-7-14-24(19)29-15-17-30(18-16-29)28(32)23-13-8-12-22-25(31)20(2)26(33-27(22)23)21-10-4-3-5-11-21/h3-14H,15-18H2,1-2H3. The van der Waals surface area contributed by atoms with E-state index < -0.39 is 0 Å². The van der Waals surface area contributed by atoms with Gasteiger partial charge in [-0.1, -0.05) is 54.6 Å². The first-order valence-electron chi connectivity index (χ1n) is 11.3. The molecule has 1 amide bonds. The quantitative estimate of drug-likeness (QED) is 0.450. The van der Waals surface area contributed by atoms with E-state index in [4.69, 9.17) is 4.42 Å². The zero-order chi connectivity index (χ0) is 22.9. The normalized spacial score (nSPS) is 14.0. The fraction of sp³-hybridized carbons (Fsp3) is 0.214. The van der Waals surface area contributed by atoms with E-state index >= 15 is 0 Å². The number of fused-ring (bicyclic) bond motifs is 1. The lowest BCUT2D eigenvalue weighted by atomic mass is 10.0. The van der Waals surface area contributed by atoms with Crippen LogP contribution in [0.25, 0.3) is 22.3 Å². The fourth-order valence-corrected chi connectivity index (χ4v) is 4.58. The number of hydrogen-bond donors (Lipinski definition) is 0. The van der Waals surface area contributed by atoms with Gasteiger partial charge < -0.3 is 14.2 Å². The number of benzene rings is 3. The molecule has 0 radical (unpaired) electrons. The van der Waals surface area contributed by atoms with Crippen molar-refractivity contribution in [3.05, 3.63) is 99.7 Å². The minimum absolute atomic E-state index is 0.101. The van der Waals surface area contributed by atoms with Gasteiger partial charge in [0.05, 0.1) is 10.9 Å². The van der Waals surface area contributed by atoms with Crippen molar-refractivity contribution in [2.75, 3.05) is 31.1 Å². The highest BCUT2D eigenvalue weighted by Crippen LogP contribution is 2.28. The molecule has 5 rings (SSSR count). The van der Waals surface area contributed by atoms with Crippen molar-refractivity contribution >= 4 is 22.6 Å². The van der Waals surface area contributed by atoms with E-state index in [0.29, 0.717) is 40.9 Å². The Morgan fingerprint density at radius 1 is 0.818 bits per heavy atom. The molecule has 33 heavy (non-hydrogen) atoms. The van der Waals surface area contributed by atoms with Crippen molar-refractivity contribution in [1.82, 2.24) is 4.90 Å². The molecule has 0 atom stereocenters. The summed E-state index contributed by atoms with van der Waals surface area (Å²) < 4.78 is 6.25. The van der Waals surface area contributed by atoms with Crippen LogP contribution in [0.4, 0.5) is 5.69 Å². The Hall–Kier alpha value is -3.86. The van der Waals surface area contributed by atoms with Crippen molar-refractivity contribution in [1.29, 1.82) is 0 Å². The van der Waals surface area contributed by atoms with Gasteiger partial charge in [-0.25, -0.2) is 0 Å². The Morgan fingerprint density at radius 2 is 1.52 bits per heavy atom. The Morgan fingerprint density at radius 3 is 2.24 bits per heavy atom. The van der Waals surface area contributed by atoms with Crippen LogP contribution in [0.1, 0.15) is 21.5 Å². The topological polar surface area (TPSA) is 53.8 Å². The van der Waals surface area contributed by atoms with Crippen molar-refractivity contribution in [2.45, 2.75) is 13.8 Å². The third-order valence-electron chi connectivity index (χ3n) is 6.43. The minimum atomic E-state index is -0.103. The molecular weight excluding hydrogens is 412 g/mol. The molecule has 0 spiro atoms. The maximum absolute atomic E-state index is 13.5. The van der Waals surface area contributed by atoms with Crippen LogP contribution in [-0.2, 0) is 0 Å². The van der Waals surface area contributed by atoms with Gasteiger partial charge in [-0.3, -0.25) is 9.59 Å². The fourth-order valence-electron chi connectivity index (χ4n) is 4.58. The number of piperazine rings is 1. The van der Waals surface area contributed by atoms with Gasteiger partial charge in [0, 0.05) is 43.0 Å². The Bertz CT molecular complexity index is 1380. The summed E-state index contributed by atoms with van der Waals surface area (Å²) in [6, 6.07) is 23.1. The maximum Gasteiger partial charge on any atom is 0.257 e. The highest BCUT2D eigenvalue weighted by atomic mass is 16.3. The van der Waals surface area contributed by atoms with Gasteiger partial charge in [0.1, 0.15) is 5.76 Å². The van der Waals surface area contributed by atoms with Crippen LogP contribution >= 0.6 is 0 Å². The van der Waals surface area contributed by atoms with Crippen molar-refractivity contribution in [3.63, 3.8) is 0 Å². The summed E-state index contributed by atoms with van der Waals surface area (Å²) in [6.45, 7) is 6.64. The summed E-state index contributed by atoms with van der Waals surface area (Å²) in [4.78, 5) is 30.8. The molecule has 1 aromatic heterocycles. The van der Waals surface area contributed by atoms with E-state index in [-0.39, 0.29) is 11.3 Å². The average molecular weight is 439 g/mol. The number of carbonyl (C=O) groups excluding carboxylic acids is 1. The number of rotatable bonds is 3. The lowest BCUT2D eigenvalue weighted by Gasteiger charge is -2.36. The van der Waals surface area contributed by atoms with Crippen LogP contribution in [0.5, 0.6) is 0 Å². The first kappa shape index (κ1) is 21.0. The zero-order valence-corrected chi connectivity index (χ0v) is 18.9. The molecular formula is C28H26N2O3. The number of hydrogen-bond acceptors (Lipinski definition) is 4. The van der Waals surface area contributed by atoms with Crippen LogP contribution in [0, 0.1) is 13.8 Å². The zero-order valence-electron chi connectivity index (χ0n) is 18.9. The molecule has 4 aromatic rings. The Balaban J connectivity index is 1.48. The van der Waals surface area contributed by atoms with E-state index in [1.54, 1.807) is 25.1 Å². The summed E-state index contributed by atoms with van der Waals surface area (Å²) in [5.74, 6) is 0.411. The largest absolute Gasteiger partial charge is 0.455 e. The molecule has 1 saturated heterocycles. The van der Waals surface area contributed by atoms with E-state index in [9.17, 15) is 9.59 Å². The van der Waals surface area contributed by atoms with Crippen molar-refractivity contribution in [3.8, 4) is 11.3 Å². The van der Waals surface area contributed by atoms with Gasteiger partial charge in [0.2, 0.25) is 0 Å². The third-order valence-corrected chi connectivity index (χ3v) is 6.43. The van der Waals surface area contributed by atoms with Crippen molar-refractivity contribution in [2.24, 2.45) is 0 Å². The van der Waals surface area contributed by atoms with E-state index in [1.165, 1.54) is 11.3 Å². The minimum Gasteiger partial charge on any atom is -0.455 e. The molecule has 0 saturated carbocycles. The second kappa shape index (κ2) is 8.58. The molecule has 3 aromatic carbocycles. The highest BCUT2D eigenvalue weighted by molar-refractivity contribution is 6.05. The van der Waals surface area contributed by atoms with Gasteiger partial charge in [-0.15, -0.1) is 0 Å². The molecule has 1 fully saturated rings. The van der Waals surface area contributed by atoms with E-state index in [0.717, 1.165) is 18.7 Å². The number of amides is 1. The molecule has 166 valence electrons. The smallest absolute Gasteiger partial charge is 0.257 e. The van der Waals surface area contributed by atoms with Crippen LogP contribution in [0.2, 0.25) is 0 Å². The average Bonchev–Trinajstić information content (AvgIpc) is 2.86. The second-order valence-electron chi connectivity index (χ2n) is 8.50. The molecule has 5 nitrogen and oxygen atoms in total. The number of para-hydroxylation sites is 2. The molecule has 1 aliphatic rings. The molecule has 0 unspecified atom stereocenters. The Kier molecular flexibility index (Phi) is 5.47. The predicted octanol–water partition coefficient (Wildman–Crippen LogP) is 5.04. The number of anilines is 1. The molecule has 0 N–H and O–H groups in total. The van der Waals surface area contributed by atoms with Gasteiger partial charge >= 0.3 is 0 Å². The number of aryl methyl sites for hydroxylation is 1. The second-order valence-corrected chi connectivity index (χ2v) is 8.50. The molecule has 0 aliphatic carbocycles. The number of carbonyl (C=O) groups is 1. The summed E-state index contributed by atoms with van der Waals surface area (Å²) in [5, 5.41) is 0.441. The Labute approximate surface area is 192 Å². The lowest BCUT2D eigenvalue weighted by Crippen LogP contribution is -2.49. The summed E-state index contributed by atoms with van der Waals surface area (Å²) >= 11 is 0. The third kappa shape index (κ3) is 3.80. The van der Waals surface area contributed by atoms with Gasteiger partial charge in [0.25, 0.3) is 5.91 Å². The first-order valence-corrected chi connectivity index (χ1v) is 11.3. The highest BCUT2D eigenvalue weighted by Gasteiger charge is 2.26. The van der Waals surface area contributed by atoms with E-state index in [1.807, 2.05) is 47.4 Å². The summed E-state index contributed by atoms with van der Waals surface area (Å²) in [7, 11) is 0. The molecule has 2 heterocycles. The van der Waals surface area contributed by atoms with Crippen molar-refractivity contribution < 1.29 is 9.21 Å². The number of nitrogens with zero attached hydrogens (tertiary/aromatic N) is 2. The van der Waals surface area contributed by atoms with Crippen LogP contribution in [0.15, 0.2) is 82.0 Å². The van der Waals surface area contributed by atoms with Crippen LogP contribution in [-0.4, -0.2) is 37.0 Å². The molecule has 0 bridgehead atoms. The van der Waals surface area contributed by atoms with Gasteiger partial charge in [-0.2, -0.15) is 0 Å². The SMILES string of the molecule is Cc1ccccc1N1CCN(C(=O)c2cccc3c(=O)c(C)c(-c4ccccc4)oc23)CC1. The van der Waals surface area contributed by atoms with Crippen LogP contribution in [0.3, 0.4) is 0 Å². The summed E-state index contributed by atoms with van der Waals surface area (Å²) in [6.07, 6.45) is 0. The molecule has 1 aliphatic heterocycles. The van der Waals surface area contributed by atoms with Gasteiger partial charge in [-0.05, 0) is 37.6 Å². The monoisotopic (exact) mass is 438 g/mol. The predicted molar refractivity (Wildman–Crippen MR) is 132 cm³/mol. The van der Waals surface area contributed by atoms with Crippen LogP contribution < -0.4 is 10.3 Å². The van der Waals surface area contributed by atoms with Gasteiger partial charge in [0.15, 0.2) is 11.0 Å². The summed E-state index contributed by atoms with van der Waals surface area (Å²) in [5.41, 5.74) is 4.51. The maximum atomic E-state index is 13.5. The molecule has 5 heteroatoms.